The minimum absolute atomic E-state index is 0.00964. The van der Waals surface area contributed by atoms with E-state index in [4.69, 9.17) is 10.5 Å². The molecule has 1 saturated heterocycles. The summed E-state index contributed by atoms with van der Waals surface area (Å²) in [6.45, 7) is 5.29. The zero-order chi connectivity index (χ0) is 13.9. The molecule has 2 N–H and O–H groups in total. The Kier molecular flexibility index (Phi) is 3.95. The molecule has 5 nitrogen and oxygen atoms in total. The highest BCUT2D eigenvalue weighted by molar-refractivity contribution is 7.07. The predicted octanol–water partition coefficient (Wildman–Crippen LogP) is 2.00. The van der Waals surface area contributed by atoms with Gasteiger partial charge in [0, 0.05) is 36.4 Å². The Bertz CT molecular complexity index is 552. The van der Waals surface area contributed by atoms with E-state index in [9.17, 15) is 0 Å². The molecular formula is C14H18N4OS. The second-order valence-corrected chi connectivity index (χ2v) is 5.76. The van der Waals surface area contributed by atoms with Gasteiger partial charge in [0.25, 0.3) is 0 Å². The molecule has 2 aromatic rings. The van der Waals surface area contributed by atoms with Crippen molar-refractivity contribution >= 4 is 17.0 Å². The number of nitrogens with zero attached hydrogens (tertiary/aromatic N) is 3. The molecule has 106 valence electrons. The zero-order valence-corrected chi connectivity index (χ0v) is 12.3. The van der Waals surface area contributed by atoms with Crippen LogP contribution in [0, 0.1) is 6.92 Å². The lowest BCUT2D eigenvalue weighted by Crippen LogP contribution is -2.38. The Morgan fingerprint density at radius 1 is 1.50 bits per heavy atom. The first-order valence-corrected chi connectivity index (χ1v) is 7.60. The van der Waals surface area contributed by atoms with Crippen molar-refractivity contribution in [1.82, 2.24) is 14.9 Å². The SMILES string of the molecule is Cc1cc(N)cc([C@H]2CN(Cc3cscn3)CCO2)n1. The summed E-state index contributed by atoms with van der Waals surface area (Å²) in [5.41, 5.74) is 11.5. The molecule has 6 heteroatoms. The van der Waals surface area contributed by atoms with Gasteiger partial charge in [-0.05, 0) is 19.1 Å². The van der Waals surface area contributed by atoms with Gasteiger partial charge in [-0.3, -0.25) is 9.88 Å². The molecule has 0 bridgehead atoms. The Morgan fingerprint density at radius 2 is 2.40 bits per heavy atom. The quantitative estimate of drug-likeness (QED) is 0.936. The number of thiazole rings is 1. The maximum Gasteiger partial charge on any atom is 0.112 e. The van der Waals surface area contributed by atoms with Gasteiger partial charge >= 0.3 is 0 Å². The van der Waals surface area contributed by atoms with Crippen molar-refractivity contribution in [3.63, 3.8) is 0 Å². The molecule has 1 atom stereocenters. The number of hydrogen-bond acceptors (Lipinski definition) is 6. The molecule has 0 aliphatic carbocycles. The maximum absolute atomic E-state index is 5.89. The fourth-order valence-corrected chi connectivity index (χ4v) is 3.01. The summed E-state index contributed by atoms with van der Waals surface area (Å²) < 4.78 is 5.85. The fourth-order valence-electron chi connectivity index (χ4n) is 2.46. The first-order chi connectivity index (χ1) is 9.70. The number of rotatable bonds is 3. The summed E-state index contributed by atoms with van der Waals surface area (Å²) in [6.07, 6.45) is -0.00964. The van der Waals surface area contributed by atoms with Crippen LogP contribution in [-0.4, -0.2) is 34.6 Å². The van der Waals surface area contributed by atoms with Crippen molar-refractivity contribution in [2.24, 2.45) is 0 Å². The van der Waals surface area contributed by atoms with Gasteiger partial charge in [-0.25, -0.2) is 4.98 Å². The van der Waals surface area contributed by atoms with Gasteiger partial charge in [0.1, 0.15) is 6.10 Å². The van der Waals surface area contributed by atoms with Gasteiger partial charge in [0.2, 0.25) is 0 Å². The highest BCUT2D eigenvalue weighted by Gasteiger charge is 2.23. The van der Waals surface area contributed by atoms with Crippen LogP contribution in [0.3, 0.4) is 0 Å². The Morgan fingerprint density at radius 3 is 3.15 bits per heavy atom. The van der Waals surface area contributed by atoms with Crippen molar-refractivity contribution in [3.8, 4) is 0 Å². The molecule has 20 heavy (non-hydrogen) atoms. The minimum atomic E-state index is -0.00964. The van der Waals surface area contributed by atoms with Gasteiger partial charge in [0.15, 0.2) is 0 Å². The van der Waals surface area contributed by atoms with Crippen molar-refractivity contribution in [2.75, 3.05) is 25.4 Å². The average Bonchev–Trinajstić information content (AvgIpc) is 2.91. The van der Waals surface area contributed by atoms with E-state index in [0.29, 0.717) is 6.61 Å². The molecule has 3 heterocycles. The van der Waals surface area contributed by atoms with Gasteiger partial charge in [-0.1, -0.05) is 0 Å². The second-order valence-electron chi connectivity index (χ2n) is 5.04. The Balaban J connectivity index is 1.71. The van der Waals surface area contributed by atoms with Gasteiger partial charge in [-0.15, -0.1) is 11.3 Å². The molecule has 3 rings (SSSR count). The van der Waals surface area contributed by atoms with Crippen molar-refractivity contribution < 1.29 is 4.74 Å². The third kappa shape index (κ3) is 3.15. The zero-order valence-electron chi connectivity index (χ0n) is 11.5. The number of aromatic nitrogens is 2. The van der Waals surface area contributed by atoms with Gasteiger partial charge < -0.3 is 10.5 Å². The number of nitrogens with two attached hydrogens (primary N) is 1. The van der Waals surface area contributed by atoms with Crippen LogP contribution >= 0.6 is 11.3 Å². The standard InChI is InChI=1S/C14H18N4OS/c1-10-4-11(15)5-13(17-10)14-7-18(2-3-19-14)6-12-8-20-9-16-12/h4-5,8-9,14H,2-3,6-7H2,1H3,(H2,15,17)/t14-/m1/s1. The highest BCUT2D eigenvalue weighted by Crippen LogP contribution is 2.23. The molecule has 0 spiro atoms. The molecule has 0 saturated carbocycles. The number of aryl methyl sites for hydroxylation is 1. The van der Waals surface area contributed by atoms with E-state index >= 15 is 0 Å². The largest absolute Gasteiger partial charge is 0.399 e. The number of pyridine rings is 1. The summed E-state index contributed by atoms with van der Waals surface area (Å²) in [7, 11) is 0. The number of morpholine rings is 1. The molecule has 0 aromatic carbocycles. The van der Waals surface area contributed by atoms with Crippen LogP contribution in [0.5, 0.6) is 0 Å². The maximum atomic E-state index is 5.89. The van der Waals surface area contributed by atoms with E-state index in [0.717, 1.165) is 42.4 Å². The molecule has 1 fully saturated rings. The molecule has 0 radical (unpaired) electrons. The summed E-state index contributed by atoms with van der Waals surface area (Å²) in [6, 6.07) is 3.78. The number of hydrogen-bond donors (Lipinski definition) is 1. The first kappa shape index (κ1) is 13.5. The van der Waals surface area contributed by atoms with E-state index in [2.05, 4.69) is 20.2 Å². The molecule has 1 aliphatic heterocycles. The van der Waals surface area contributed by atoms with E-state index < -0.39 is 0 Å². The Hall–Kier alpha value is -1.50. The van der Waals surface area contributed by atoms with Crippen molar-refractivity contribution in [1.29, 1.82) is 0 Å². The third-order valence-corrected chi connectivity index (χ3v) is 3.98. The van der Waals surface area contributed by atoms with Crippen LogP contribution in [0.2, 0.25) is 0 Å². The summed E-state index contributed by atoms with van der Waals surface area (Å²) in [5.74, 6) is 0. The molecule has 1 aliphatic rings. The van der Waals surface area contributed by atoms with E-state index in [1.165, 1.54) is 0 Å². The topological polar surface area (TPSA) is 64.3 Å². The monoisotopic (exact) mass is 290 g/mol. The molecular weight excluding hydrogens is 272 g/mol. The minimum Gasteiger partial charge on any atom is -0.399 e. The summed E-state index contributed by atoms with van der Waals surface area (Å²) >= 11 is 1.63. The number of anilines is 1. The van der Waals surface area contributed by atoms with E-state index in [-0.39, 0.29) is 6.10 Å². The predicted molar refractivity (Wildman–Crippen MR) is 79.5 cm³/mol. The number of ether oxygens (including phenoxy) is 1. The Labute approximate surface area is 122 Å². The molecule has 0 unspecified atom stereocenters. The molecule has 0 amide bonds. The third-order valence-electron chi connectivity index (χ3n) is 3.35. The lowest BCUT2D eigenvalue weighted by Gasteiger charge is -2.32. The van der Waals surface area contributed by atoms with E-state index in [1.807, 2.05) is 24.6 Å². The van der Waals surface area contributed by atoms with Crippen molar-refractivity contribution in [2.45, 2.75) is 19.6 Å². The van der Waals surface area contributed by atoms with Crippen LogP contribution in [0.15, 0.2) is 23.0 Å². The van der Waals surface area contributed by atoms with Gasteiger partial charge in [0.05, 0.1) is 23.5 Å². The normalized spacial score (nSPS) is 20.1. The lowest BCUT2D eigenvalue weighted by molar-refractivity contribution is -0.0353. The average molecular weight is 290 g/mol. The molecule has 2 aromatic heterocycles. The lowest BCUT2D eigenvalue weighted by atomic mass is 10.1. The summed E-state index contributed by atoms with van der Waals surface area (Å²) in [5, 5.41) is 2.09. The van der Waals surface area contributed by atoms with Crippen molar-refractivity contribution in [3.05, 3.63) is 40.1 Å². The smallest absolute Gasteiger partial charge is 0.112 e. The van der Waals surface area contributed by atoms with Crippen LogP contribution in [0.1, 0.15) is 23.2 Å². The number of nitrogen functional groups attached to an aromatic ring is 1. The van der Waals surface area contributed by atoms with Gasteiger partial charge in [-0.2, -0.15) is 0 Å². The first-order valence-electron chi connectivity index (χ1n) is 6.66. The fraction of sp³-hybridized carbons (Fsp3) is 0.429. The van der Waals surface area contributed by atoms with Crippen LogP contribution in [0.25, 0.3) is 0 Å². The second kappa shape index (κ2) is 5.87. The highest BCUT2D eigenvalue weighted by atomic mass is 32.1. The van der Waals surface area contributed by atoms with Crippen LogP contribution in [-0.2, 0) is 11.3 Å². The van der Waals surface area contributed by atoms with Crippen LogP contribution < -0.4 is 5.73 Å². The van der Waals surface area contributed by atoms with E-state index in [1.54, 1.807) is 11.3 Å². The van der Waals surface area contributed by atoms with Crippen LogP contribution in [0.4, 0.5) is 5.69 Å². The summed E-state index contributed by atoms with van der Waals surface area (Å²) in [4.78, 5) is 11.2.